The van der Waals surface area contributed by atoms with Crippen LogP contribution in [0.5, 0.6) is 0 Å². The Balaban J connectivity index is 1.51. The molecule has 11 nitrogen and oxygen atoms in total. The zero-order valence-electron chi connectivity index (χ0n) is 18.2. The van der Waals surface area contributed by atoms with Crippen LogP contribution in [-0.4, -0.2) is 49.6 Å². The predicted molar refractivity (Wildman–Crippen MR) is 126 cm³/mol. The summed E-state index contributed by atoms with van der Waals surface area (Å²) in [5.74, 6) is -2.56. The molecular weight excluding hydrogens is 476 g/mol. The number of fused-ring (bicyclic) bond motifs is 1. The van der Waals surface area contributed by atoms with Gasteiger partial charge in [-0.1, -0.05) is 30.3 Å². The molecule has 3 amide bonds. The Bertz CT molecular complexity index is 1470. The Morgan fingerprint density at radius 2 is 1.69 bits per heavy atom. The van der Waals surface area contributed by atoms with Crippen LogP contribution < -0.4 is 9.62 Å². The molecule has 3 aromatic carbocycles. The van der Waals surface area contributed by atoms with Gasteiger partial charge in [-0.3, -0.25) is 33.7 Å². The highest BCUT2D eigenvalue weighted by atomic mass is 32.2. The van der Waals surface area contributed by atoms with Crippen molar-refractivity contribution in [2.24, 2.45) is 0 Å². The van der Waals surface area contributed by atoms with Crippen molar-refractivity contribution in [2.45, 2.75) is 4.90 Å². The van der Waals surface area contributed by atoms with Crippen molar-refractivity contribution in [1.82, 2.24) is 4.90 Å². The van der Waals surface area contributed by atoms with E-state index in [-0.39, 0.29) is 21.7 Å². The van der Waals surface area contributed by atoms with E-state index in [1.54, 1.807) is 30.3 Å². The minimum Gasteiger partial charge on any atom is -0.324 e. The van der Waals surface area contributed by atoms with Crippen molar-refractivity contribution in [3.8, 4) is 0 Å². The maximum atomic E-state index is 13.0. The molecule has 1 heterocycles. The van der Waals surface area contributed by atoms with Gasteiger partial charge in [-0.15, -0.1) is 0 Å². The van der Waals surface area contributed by atoms with Crippen LogP contribution in [0.2, 0.25) is 0 Å². The Hall–Kier alpha value is -4.58. The third-order valence-electron chi connectivity index (χ3n) is 5.37. The van der Waals surface area contributed by atoms with Crippen LogP contribution in [0.3, 0.4) is 0 Å². The molecule has 0 atom stereocenters. The topological polar surface area (TPSA) is 147 Å². The fourth-order valence-electron chi connectivity index (χ4n) is 3.62. The predicted octanol–water partition coefficient (Wildman–Crippen LogP) is 2.65. The number of hydrogen-bond acceptors (Lipinski definition) is 7. The molecule has 4 rings (SSSR count). The second-order valence-electron chi connectivity index (χ2n) is 7.54. The minimum atomic E-state index is -3.94. The first-order valence-electron chi connectivity index (χ1n) is 10.2. The number of sulfonamides is 1. The number of nitro benzene ring substituents is 1. The van der Waals surface area contributed by atoms with Gasteiger partial charge in [-0.05, 0) is 36.4 Å². The van der Waals surface area contributed by atoms with Crippen molar-refractivity contribution in [1.29, 1.82) is 0 Å². The third kappa shape index (κ3) is 4.34. The molecule has 1 N–H and O–H groups in total. The Kier molecular flexibility index (Phi) is 6.05. The maximum Gasteiger partial charge on any atom is 0.282 e. The van der Waals surface area contributed by atoms with Gasteiger partial charge in [0.15, 0.2) is 0 Å². The quantitative estimate of drug-likeness (QED) is 0.302. The first-order valence-corrected chi connectivity index (χ1v) is 11.6. The molecule has 0 fully saturated rings. The fourth-order valence-corrected chi connectivity index (χ4v) is 4.87. The molecule has 0 unspecified atom stereocenters. The smallest absolute Gasteiger partial charge is 0.282 e. The van der Waals surface area contributed by atoms with Gasteiger partial charge in [0.1, 0.15) is 12.1 Å². The van der Waals surface area contributed by atoms with Gasteiger partial charge in [0, 0.05) is 18.8 Å². The van der Waals surface area contributed by atoms with E-state index in [1.807, 2.05) is 0 Å². The van der Waals surface area contributed by atoms with Crippen LogP contribution in [-0.2, 0) is 14.8 Å². The Morgan fingerprint density at radius 1 is 1.00 bits per heavy atom. The summed E-state index contributed by atoms with van der Waals surface area (Å²) in [6.45, 7) is -0.704. The number of nitrogens with zero attached hydrogens (tertiary/aromatic N) is 3. The summed E-state index contributed by atoms with van der Waals surface area (Å²) in [5.41, 5.74) is -0.479. The van der Waals surface area contributed by atoms with Crippen molar-refractivity contribution in [2.75, 3.05) is 23.2 Å². The zero-order valence-corrected chi connectivity index (χ0v) is 19.1. The summed E-state index contributed by atoms with van der Waals surface area (Å²) in [6, 6.07) is 17.6. The molecule has 0 radical (unpaired) electrons. The van der Waals surface area contributed by atoms with Crippen molar-refractivity contribution >= 4 is 44.8 Å². The molecule has 0 aromatic heterocycles. The standard InChI is InChI=1S/C23H18N4O7S/c1-25(16-8-3-2-4-9-16)35(33,34)17-10-5-7-15(13-17)24-20(28)14-26-22(29)18-11-6-12-19(27(31)32)21(18)23(26)30/h2-13H,14H2,1H3,(H,24,28). The molecule has 12 heteroatoms. The van der Waals surface area contributed by atoms with E-state index >= 15 is 0 Å². The Labute approximate surface area is 199 Å². The van der Waals surface area contributed by atoms with E-state index in [0.29, 0.717) is 10.6 Å². The lowest BCUT2D eigenvalue weighted by atomic mass is 10.1. The molecule has 178 valence electrons. The summed E-state index contributed by atoms with van der Waals surface area (Å²) < 4.78 is 27.1. The summed E-state index contributed by atoms with van der Waals surface area (Å²) in [4.78, 5) is 48.8. The monoisotopic (exact) mass is 494 g/mol. The number of carbonyl (C=O) groups is 3. The lowest BCUT2D eigenvalue weighted by molar-refractivity contribution is -0.385. The van der Waals surface area contributed by atoms with Gasteiger partial charge < -0.3 is 5.32 Å². The summed E-state index contributed by atoms with van der Waals surface area (Å²) >= 11 is 0. The zero-order chi connectivity index (χ0) is 25.3. The first-order chi connectivity index (χ1) is 16.6. The van der Waals surface area contributed by atoms with Crippen molar-refractivity contribution in [3.63, 3.8) is 0 Å². The van der Waals surface area contributed by atoms with E-state index in [4.69, 9.17) is 0 Å². The number of imide groups is 1. The average Bonchev–Trinajstić information content (AvgIpc) is 3.09. The van der Waals surface area contributed by atoms with Gasteiger partial charge in [-0.25, -0.2) is 8.42 Å². The van der Waals surface area contributed by atoms with Crippen LogP contribution >= 0.6 is 0 Å². The van der Waals surface area contributed by atoms with Gasteiger partial charge in [-0.2, -0.15) is 0 Å². The molecule has 0 bridgehead atoms. The summed E-state index contributed by atoms with van der Waals surface area (Å²) in [5, 5.41) is 13.7. The van der Waals surface area contributed by atoms with Crippen LogP contribution in [0.1, 0.15) is 20.7 Å². The minimum absolute atomic E-state index is 0.0852. The van der Waals surface area contributed by atoms with E-state index in [9.17, 15) is 32.9 Å². The molecule has 0 saturated heterocycles. The highest BCUT2D eigenvalue weighted by Gasteiger charge is 2.41. The molecule has 3 aromatic rings. The lowest BCUT2D eigenvalue weighted by Gasteiger charge is -2.20. The van der Waals surface area contributed by atoms with Crippen LogP contribution in [0.15, 0.2) is 77.7 Å². The number of para-hydroxylation sites is 1. The lowest BCUT2D eigenvalue weighted by Crippen LogP contribution is -2.37. The number of carbonyl (C=O) groups excluding carboxylic acids is 3. The number of nitro groups is 1. The van der Waals surface area contributed by atoms with Gasteiger partial charge >= 0.3 is 0 Å². The van der Waals surface area contributed by atoms with Crippen LogP contribution in [0, 0.1) is 10.1 Å². The Morgan fingerprint density at radius 3 is 2.37 bits per heavy atom. The highest BCUT2D eigenvalue weighted by molar-refractivity contribution is 7.92. The van der Waals surface area contributed by atoms with Crippen molar-refractivity contribution in [3.05, 3.63) is 94.0 Å². The number of hydrogen-bond donors (Lipinski definition) is 1. The summed E-state index contributed by atoms with van der Waals surface area (Å²) in [6.07, 6.45) is 0. The number of amides is 3. The summed E-state index contributed by atoms with van der Waals surface area (Å²) in [7, 11) is -2.54. The third-order valence-corrected chi connectivity index (χ3v) is 7.15. The van der Waals surface area contributed by atoms with Gasteiger partial charge in [0.05, 0.1) is 21.1 Å². The number of nitrogens with one attached hydrogen (secondary N) is 1. The fraction of sp³-hybridized carbons (Fsp3) is 0.0870. The second kappa shape index (κ2) is 8.99. The van der Waals surface area contributed by atoms with E-state index < -0.39 is 44.9 Å². The second-order valence-corrected chi connectivity index (χ2v) is 9.51. The SMILES string of the molecule is CN(c1ccccc1)S(=O)(=O)c1cccc(NC(=O)CN2C(=O)c3cccc([N+](=O)[O-])c3C2=O)c1. The van der Waals surface area contributed by atoms with E-state index in [1.165, 1.54) is 43.4 Å². The highest BCUT2D eigenvalue weighted by Crippen LogP contribution is 2.30. The van der Waals surface area contributed by atoms with E-state index in [2.05, 4.69) is 5.32 Å². The van der Waals surface area contributed by atoms with E-state index in [0.717, 1.165) is 10.4 Å². The molecular formula is C23H18N4O7S. The van der Waals surface area contributed by atoms with Gasteiger partial charge in [0.25, 0.3) is 27.5 Å². The van der Waals surface area contributed by atoms with Gasteiger partial charge in [0.2, 0.25) is 5.91 Å². The van der Waals surface area contributed by atoms with Crippen LogP contribution in [0.4, 0.5) is 17.1 Å². The number of benzene rings is 3. The number of anilines is 2. The number of rotatable bonds is 7. The molecule has 0 spiro atoms. The largest absolute Gasteiger partial charge is 0.324 e. The average molecular weight is 494 g/mol. The normalized spacial score (nSPS) is 12.9. The molecule has 0 saturated carbocycles. The van der Waals surface area contributed by atoms with Crippen molar-refractivity contribution < 1.29 is 27.7 Å². The molecule has 0 aliphatic carbocycles. The molecule has 1 aliphatic heterocycles. The molecule has 35 heavy (non-hydrogen) atoms. The first kappa shape index (κ1) is 23.6. The maximum absolute atomic E-state index is 13.0. The van der Waals surface area contributed by atoms with Crippen LogP contribution in [0.25, 0.3) is 0 Å². The molecule has 1 aliphatic rings.